The van der Waals surface area contributed by atoms with Crippen molar-refractivity contribution in [3.63, 3.8) is 0 Å². The Balaban J connectivity index is 1.89. The van der Waals surface area contributed by atoms with Crippen LogP contribution in [0.25, 0.3) is 0 Å². The first kappa shape index (κ1) is 16.3. The standard InChI is InChI=1S/C17H34N2O/c1-4-10-18-12-17(9-11-20-14-17)13-19(3)16-8-6-5-7-15(16)2/h15-16,18H,4-14H2,1-3H3. The minimum Gasteiger partial charge on any atom is -0.381 e. The lowest BCUT2D eigenvalue weighted by Gasteiger charge is -2.41. The summed E-state index contributed by atoms with van der Waals surface area (Å²) in [4.78, 5) is 2.64. The molecule has 2 aliphatic rings. The molecule has 2 rings (SSSR count). The fourth-order valence-electron chi connectivity index (χ4n) is 4.10. The van der Waals surface area contributed by atoms with Crippen molar-refractivity contribution in [1.29, 1.82) is 0 Å². The zero-order valence-electron chi connectivity index (χ0n) is 13.8. The van der Waals surface area contributed by atoms with Crippen LogP contribution in [-0.2, 0) is 4.74 Å². The maximum absolute atomic E-state index is 5.74. The number of ether oxygens (including phenoxy) is 1. The topological polar surface area (TPSA) is 24.5 Å². The lowest BCUT2D eigenvalue weighted by molar-refractivity contribution is 0.0696. The largest absolute Gasteiger partial charge is 0.381 e. The Bertz CT molecular complexity index is 276. The van der Waals surface area contributed by atoms with Gasteiger partial charge >= 0.3 is 0 Å². The van der Waals surface area contributed by atoms with Gasteiger partial charge in [0.1, 0.15) is 0 Å². The molecular formula is C17H34N2O. The van der Waals surface area contributed by atoms with Gasteiger partial charge in [-0.1, -0.05) is 26.7 Å². The summed E-state index contributed by atoms with van der Waals surface area (Å²) in [5, 5.41) is 3.63. The van der Waals surface area contributed by atoms with Gasteiger partial charge in [0.2, 0.25) is 0 Å². The molecule has 3 nitrogen and oxygen atoms in total. The highest BCUT2D eigenvalue weighted by molar-refractivity contribution is 4.90. The van der Waals surface area contributed by atoms with Crippen molar-refractivity contribution in [2.45, 2.75) is 58.4 Å². The molecule has 2 fully saturated rings. The first-order valence-electron chi connectivity index (χ1n) is 8.65. The third-order valence-electron chi connectivity index (χ3n) is 5.33. The highest BCUT2D eigenvalue weighted by atomic mass is 16.5. The lowest BCUT2D eigenvalue weighted by Crippen LogP contribution is -2.49. The molecule has 0 amide bonds. The molecule has 3 heteroatoms. The maximum atomic E-state index is 5.74. The van der Waals surface area contributed by atoms with Crippen LogP contribution in [0.1, 0.15) is 52.4 Å². The molecule has 1 aliphatic carbocycles. The van der Waals surface area contributed by atoms with Crippen LogP contribution >= 0.6 is 0 Å². The number of nitrogens with zero attached hydrogens (tertiary/aromatic N) is 1. The molecule has 3 atom stereocenters. The minimum absolute atomic E-state index is 0.348. The van der Waals surface area contributed by atoms with E-state index in [0.717, 1.165) is 38.3 Å². The van der Waals surface area contributed by atoms with Crippen molar-refractivity contribution < 1.29 is 4.74 Å². The van der Waals surface area contributed by atoms with Gasteiger partial charge in [0.25, 0.3) is 0 Å². The van der Waals surface area contributed by atoms with Crippen molar-refractivity contribution in [3.05, 3.63) is 0 Å². The minimum atomic E-state index is 0.348. The molecule has 0 bridgehead atoms. The van der Waals surface area contributed by atoms with E-state index in [4.69, 9.17) is 4.74 Å². The molecule has 0 aromatic heterocycles. The molecule has 1 saturated carbocycles. The zero-order chi connectivity index (χ0) is 14.4. The normalized spacial score (nSPS) is 34.8. The Morgan fingerprint density at radius 2 is 2.10 bits per heavy atom. The number of nitrogens with one attached hydrogen (secondary N) is 1. The summed E-state index contributed by atoms with van der Waals surface area (Å²) in [7, 11) is 2.34. The van der Waals surface area contributed by atoms with Gasteiger partial charge in [0, 0.05) is 31.2 Å². The molecule has 1 aliphatic heterocycles. The molecule has 0 aromatic carbocycles. The van der Waals surface area contributed by atoms with E-state index < -0.39 is 0 Å². The van der Waals surface area contributed by atoms with Gasteiger partial charge in [0.15, 0.2) is 0 Å². The monoisotopic (exact) mass is 282 g/mol. The van der Waals surface area contributed by atoms with Crippen molar-refractivity contribution in [2.24, 2.45) is 11.3 Å². The molecule has 20 heavy (non-hydrogen) atoms. The van der Waals surface area contributed by atoms with Crippen LogP contribution in [0.5, 0.6) is 0 Å². The molecule has 0 spiro atoms. The Labute approximate surface area is 125 Å². The fourth-order valence-corrected chi connectivity index (χ4v) is 4.10. The van der Waals surface area contributed by atoms with E-state index in [-0.39, 0.29) is 0 Å². The summed E-state index contributed by atoms with van der Waals surface area (Å²) in [6.07, 6.45) is 8.07. The number of rotatable bonds is 7. The van der Waals surface area contributed by atoms with Gasteiger partial charge < -0.3 is 15.0 Å². The molecule has 0 radical (unpaired) electrons. The fraction of sp³-hybridized carbons (Fsp3) is 1.00. The van der Waals surface area contributed by atoms with Crippen molar-refractivity contribution in [1.82, 2.24) is 10.2 Å². The second-order valence-corrected chi connectivity index (χ2v) is 7.22. The molecule has 0 aromatic rings. The van der Waals surface area contributed by atoms with Crippen molar-refractivity contribution in [2.75, 3.05) is 39.9 Å². The second kappa shape index (κ2) is 7.77. The van der Waals surface area contributed by atoms with Crippen LogP contribution in [0, 0.1) is 11.3 Å². The van der Waals surface area contributed by atoms with E-state index in [1.54, 1.807) is 0 Å². The summed E-state index contributed by atoms with van der Waals surface area (Å²) in [5.41, 5.74) is 0.348. The predicted octanol–water partition coefficient (Wildman–Crippen LogP) is 2.90. The third kappa shape index (κ3) is 4.19. The van der Waals surface area contributed by atoms with E-state index in [1.807, 2.05) is 0 Å². The zero-order valence-corrected chi connectivity index (χ0v) is 13.8. The summed E-state index contributed by atoms with van der Waals surface area (Å²) in [5.74, 6) is 0.858. The van der Waals surface area contributed by atoms with Gasteiger partial charge in [-0.05, 0) is 45.2 Å². The van der Waals surface area contributed by atoms with E-state index >= 15 is 0 Å². The summed E-state index contributed by atoms with van der Waals surface area (Å²) >= 11 is 0. The Hall–Kier alpha value is -0.120. The second-order valence-electron chi connectivity index (χ2n) is 7.22. The van der Waals surface area contributed by atoms with E-state index in [2.05, 4.69) is 31.1 Å². The highest BCUT2D eigenvalue weighted by Gasteiger charge is 2.38. The van der Waals surface area contributed by atoms with Gasteiger partial charge in [-0.3, -0.25) is 0 Å². The average molecular weight is 282 g/mol. The lowest BCUT2D eigenvalue weighted by atomic mass is 9.82. The van der Waals surface area contributed by atoms with E-state index in [1.165, 1.54) is 45.1 Å². The van der Waals surface area contributed by atoms with Crippen molar-refractivity contribution in [3.8, 4) is 0 Å². The molecule has 3 unspecified atom stereocenters. The van der Waals surface area contributed by atoms with Crippen LogP contribution in [0.15, 0.2) is 0 Å². The van der Waals surface area contributed by atoms with Crippen LogP contribution < -0.4 is 5.32 Å². The SMILES string of the molecule is CCCNCC1(CN(C)C2CCCCC2C)CCOC1. The van der Waals surface area contributed by atoms with Gasteiger partial charge in [0.05, 0.1) is 6.61 Å². The summed E-state index contributed by atoms with van der Waals surface area (Å²) < 4.78 is 5.74. The Morgan fingerprint density at radius 1 is 1.30 bits per heavy atom. The third-order valence-corrected chi connectivity index (χ3v) is 5.33. The van der Waals surface area contributed by atoms with Gasteiger partial charge in [-0.25, -0.2) is 0 Å². The molecule has 118 valence electrons. The average Bonchev–Trinajstić information content (AvgIpc) is 2.88. The maximum Gasteiger partial charge on any atom is 0.0547 e. The van der Waals surface area contributed by atoms with Gasteiger partial charge in [-0.15, -0.1) is 0 Å². The molecule has 1 heterocycles. The van der Waals surface area contributed by atoms with Crippen LogP contribution in [0.4, 0.5) is 0 Å². The van der Waals surface area contributed by atoms with Gasteiger partial charge in [-0.2, -0.15) is 0 Å². The van der Waals surface area contributed by atoms with Crippen molar-refractivity contribution >= 4 is 0 Å². The summed E-state index contributed by atoms with van der Waals surface area (Å²) in [6, 6.07) is 0.785. The molecule has 1 saturated heterocycles. The Morgan fingerprint density at radius 3 is 2.75 bits per heavy atom. The highest BCUT2D eigenvalue weighted by Crippen LogP contribution is 2.33. The van der Waals surface area contributed by atoms with E-state index in [0.29, 0.717) is 5.41 Å². The predicted molar refractivity (Wildman–Crippen MR) is 85.1 cm³/mol. The van der Waals surface area contributed by atoms with Crippen LogP contribution in [0.2, 0.25) is 0 Å². The van der Waals surface area contributed by atoms with Crippen LogP contribution in [-0.4, -0.2) is 50.8 Å². The number of hydrogen-bond donors (Lipinski definition) is 1. The Kier molecular flexibility index (Phi) is 6.31. The van der Waals surface area contributed by atoms with E-state index in [9.17, 15) is 0 Å². The molecular weight excluding hydrogens is 248 g/mol. The first-order chi connectivity index (χ1) is 9.67. The first-order valence-corrected chi connectivity index (χ1v) is 8.65. The van der Waals surface area contributed by atoms with Crippen LogP contribution in [0.3, 0.4) is 0 Å². The summed E-state index contributed by atoms with van der Waals surface area (Å²) in [6.45, 7) is 10.0. The molecule has 1 N–H and O–H groups in total. The smallest absolute Gasteiger partial charge is 0.0547 e. The number of hydrogen-bond acceptors (Lipinski definition) is 3. The quantitative estimate of drug-likeness (QED) is 0.727.